The molecule has 0 radical (unpaired) electrons. The van der Waals surface area contributed by atoms with Gasteiger partial charge in [-0.3, -0.25) is 0 Å². The van der Waals surface area contributed by atoms with Crippen molar-refractivity contribution < 1.29 is 18.3 Å². The van der Waals surface area contributed by atoms with E-state index in [4.69, 9.17) is 9.84 Å². The zero-order valence-corrected chi connectivity index (χ0v) is 11.9. The molecule has 0 saturated carbocycles. The summed E-state index contributed by atoms with van der Waals surface area (Å²) >= 11 is 0. The molecule has 0 amide bonds. The van der Waals surface area contributed by atoms with Crippen molar-refractivity contribution in [1.29, 1.82) is 0 Å². The lowest BCUT2D eigenvalue weighted by molar-refractivity contribution is 0.289. The van der Waals surface area contributed by atoms with Crippen LogP contribution < -0.4 is 9.46 Å². The molecule has 108 valence electrons. The summed E-state index contributed by atoms with van der Waals surface area (Å²) in [6.45, 7) is 2.91. The Labute approximate surface area is 114 Å². The number of unbranched alkanes of at least 4 members (excludes halogenated alkanes) is 1. The van der Waals surface area contributed by atoms with E-state index >= 15 is 0 Å². The molecule has 1 rings (SSSR count). The molecule has 0 aromatic heterocycles. The van der Waals surface area contributed by atoms with Gasteiger partial charge in [0.15, 0.2) is 0 Å². The van der Waals surface area contributed by atoms with Crippen molar-refractivity contribution in [2.24, 2.45) is 0 Å². The molecule has 0 fully saturated rings. The standard InChI is InChI=1S/C13H21NO4S/c1-2-3-11-18-12-5-7-13(8-6-12)19(16,17)14-9-4-10-15/h5-8,14-15H,2-4,9-11H2,1H3. The Morgan fingerprint density at radius 1 is 1.21 bits per heavy atom. The van der Waals surface area contributed by atoms with E-state index in [0.29, 0.717) is 18.8 Å². The molecule has 0 aliphatic carbocycles. The number of rotatable bonds is 9. The van der Waals surface area contributed by atoms with Gasteiger partial charge in [0, 0.05) is 13.2 Å². The first-order chi connectivity index (χ1) is 9.10. The van der Waals surface area contributed by atoms with Crippen LogP contribution in [-0.2, 0) is 10.0 Å². The molecule has 0 atom stereocenters. The summed E-state index contributed by atoms with van der Waals surface area (Å²) in [7, 11) is -3.49. The number of hydrogen-bond acceptors (Lipinski definition) is 4. The average molecular weight is 287 g/mol. The third-order valence-corrected chi connectivity index (χ3v) is 4.00. The first-order valence-electron chi connectivity index (χ1n) is 6.43. The second kappa shape index (κ2) is 8.14. The van der Waals surface area contributed by atoms with Gasteiger partial charge in [-0.1, -0.05) is 13.3 Å². The van der Waals surface area contributed by atoms with Crippen LogP contribution in [0.5, 0.6) is 5.75 Å². The highest BCUT2D eigenvalue weighted by atomic mass is 32.2. The lowest BCUT2D eigenvalue weighted by Gasteiger charge is -2.08. The van der Waals surface area contributed by atoms with Crippen LogP contribution in [0.1, 0.15) is 26.2 Å². The van der Waals surface area contributed by atoms with Gasteiger partial charge >= 0.3 is 0 Å². The molecule has 0 aliphatic rings. The summed E-state index contributed by atoms with van der Waals surface area (Å²) < 4.78 is 31.6. The fourth-order valence-corrected chi connectivity index (χ4v) is 2.49. The van der Waals surface area contributed by atoms with E-state index < -0.39 is 10.0 Å². The summed E-state index contributed by atoms with van der Waals surface area (Å²) in [5, 5.41) is 8.62. The average Bonchev–Trinajstić information content (AvgIpc) is 2.40. The van der Waals surface area contributed by atoms with Gasteiger partial charge in [0.05, 0.1) is 11.5 Å². The van der Waals surface area contributed by atoms with Crippen molar-refractivity contribution in [3.8, 4) is 5.75 Å². The Hall–Kier alpha value is -1.11. The lowest BCUT2D eigenvalue weighted by atomic mass is 10.3. The highest BCUT2D eigenvalue weighted by molar-refractivity contribution is 7.89. The molecule has 0 aliphatic heterocycles. The molecule has 2 N–H and O–H groups in total. The molecule has 1 aromatic carbocycles. The van der Waals surface area contributed by atoms with Gasteiger partial charge in [0.2, 0.25) is 10.0 Å². The molecule has 5 nitrogen and oxygen atoms in total. The number of hydrogen-bond donors (Lipinski definition) is 2. The molecule has 0 saturated heterocycles. The zero-order chi connectivity index (χ0) is 14.1. The molecule has 0 bridgehead atoms. The van der Waals surface area contributed by atoms with Crippen molar-refractivity contribution in [2.75, 3.05) is 19.8 Å². The van der Waals surface area contributed by atoms with Crippen molar-refractivity contribution in [3.05, 3.63) is 24.3 Å². The maximum atomic E-state index is 11.8. The number of nitrogens with one attached hydrogen (secondary N) is 1. The van der Waals surface area contributed by atoms with E-state index in [1.165, 1.54) is 12.1 Å². The molecule has 0 unspecified atom stereocenters. The van der Waals surface area contributed by atoms with Crippen molar-refractivity contribution in [2.45, 2.75) is 31.1 Å². The molecular formula is C13H21NO4S. The summed E-state index contributed by atoms with van der Waals surface area (Å²) in [6.07, 6.45) is 2.43. The Kier molecular flexibility index (Phi) is 6.83. The fourth-order valence-electron chi connectivity index (χ4n) is 1.42. The Morgan fingerprint density at radius 2 is 1.89 bits per heavy atom. The van der Waals surface area contributed by atoms with E-state index in [1.807, 2.05) is 0 Å². The third-order valence-electron chi connectivity index (χ3n) is 2.53. The van der Waals surface area contributed by atoms with Gasteiger partial charge in [-0.2, -0.15) is 0 Å². The molecular weight excluding hydrogens is 266 g/mol. The molecule has 0 spiro atoms. The van der Waals surface area contributed by atoms with Crippen molar-refractivity contribution in [3.63, 3.8) is 0 Å². The summed E-state index contributed by atoms with van der Waals surface area (Å²) in [5.74, 6) is 0.669. The van der Waals surface area contributed by atoms with Crippen LogP contribution in [0, 0.1) is 0 Å². The minimum absolute atomic E-state index is 0.0350. The molecule has 19 heavy (non-hydrogen) atoms. The zero-order valence-electron chi connectivity index (χ0n) is 11.1. The van der Waals surface area contributed by atoms with Gasteiger partial charge < -0.3 is 9.84 Å². The van der Waals surface area contributed by atoms with E-state index in [-0.39, 0.29) is 18.0 Å². The number of aliphatic hydroxyl groups excluding tert-OH is 1. The van der Waals surface area contributed by atoms with Crippen LogP contribution in [-0.4, -0.2) is 33.3 Å². The van der Waals surface area contributed by atoms with E-state index in [2.05, 4.69) is 11.6 Å². The maximum absolute atomic E-state index is 11.8. The van der Waals surface area contributed by atoms with Gasteiger partial charge in [-0.05, 0) is 37.1 Å². The second-order valence-corrected chi connectivity index (χ2v) is 5.92. The van der Waals surface area contributed by atoms with Crippen LogP contribution >= 0.6 is 0 Å². The van der Waals surface area contributed by atoms with Gasteiger partial charge in [0.25, 0.3) is 0 Å². The summed E-state index contributed by atoms with van der Waals surface area (Å²) in [5.41, 5.74) is 0. The minimum atomic E-state index is -3.49. The van der Waals surface area contributed by atoms with E-state index in [1.54, 1.807) is 12.1 Å². The Bertz CT molecular complexity index is 456. The third kappa shape index (κ3) is 5.59. The molecule has 6 heteroatoms. The van der Waals surface area contributed by atoms with Gasteiger partial charge in [-0.15, -0.1) is 0 Å². The van der Waals surface area contributed by atoms with Gasteiger partial charge in [0.1, 0.15) is 5.75 Å². The van der Waals surface area contributed by atoms with E-state index in [0.717, 1.165) is 12.8 Å². The van der Waals surface area contributed by atoms with Crippen LogP contribution in [0.25, 0.3) is 0 Å². The smallest absolute Gasteiger partial charge is 0.240 e. The highest BCUT2D eigenvalue weighted by Crippen LogP contribution is 2.16. The minimum Gasteiger partial charge on any atom is -0.494 e. The maximum Gasteiger partial charge on any atom is 0.240 e. The summed E-state index contributed by atoms with van der Waals surface area (Å²) in [6, 6.07) is 6.33. The number of benzene rings is 1. The van der Waals surface area contributed by atoms with Crippen molar-refractivity contribution >= 4 is 10.0 Å². The monoisotopic (exact) mass is 287 g/mol. The fraction of sp³-hybridized carbons (Fsp3) is 0.538. The highest BCUT2D eigenvalue weighted by Gasteiger charge is 2.12. The molecule has 0 heterocycles. The number of ether oxygens (including phenoxy) is 1. The number of sulfonamides is 1. The Balaban J connectivity index is 2.59. The quantitative estimate of drug-likeness (QED) is 0.675. The van der Waals surface area contributed by atoms with Gasteiger partial charge in [-0.25, -0.2) is 13.1 Å². The van der Waals surface area contributed by atoms with E-state index in [9.17, 15) is 8.42 Å². The first-order valence-corrected chi connectivity index (χ1v) is 7.92. The second-order valence-electron chi connectivity index (χ2n) is 4.15. The topological polar surface area (TPSA) is 75.6 Å². The SMILES string of the molecule is CCCCOc1ccc(S(=O)(=O)NCCCO)cc1. The number of aliphatic hydroxyl groups is 1. The lowest BCUT2D eigenvalue weighted by Crippen LogP contribution is -2.25. The van der Waals surface area contributed by atoms with Crippen molar-refractivity contribution in [1.82, 2.24) is 4.72 Å². The van der Waals surface area contributed by atoms with Crippen LogP contribution in [0.3, 0.4) is 0 Å². The van der Waals surface area contributed by atoms with Crippen LogP contribution in [0.4, 0.5) is 0 Å². The predicted octanol–water partition coefficient (Wildman–Crippen LogP) is 1.53. The largest absolute Gasteiger partial charge is 0.494 e. The summed E-state index contributed by atoms with van der Waals surface area (Å²) in [4.78, 5) is 0.202. The normalized spacial score (nSPS) is 11.5. The van der Waals surface area contributed by atoms with Crippen LogP contribution in [0.15, 0.2) is 29.2 Å². The molecule has 1 aromatic rings. The first kappa shape index (κ1) is 15.9. The van der Waals surface area contributed by atoms with Crippen LogP contribution in [0.2, 0.25) is 0 Å². The predicted molar refractivity (Wildman–Crippen MR) is 73.7 cm³/mol. The Morgan fingerprint density at radius 3 is 2.47 bits per heavy atom.